The highest BCUT2D eigenvalue weighted by Gasteiger charge is 2.32. The minimum absolute atomic E-state index is 0.141. The second-order valence-electron chi connectivity index (χ2n) is 7.29. The van der Waals surface area contributed by atoms with Gasteiger partial charge in [-0.1, -0.05) is 0 Å². The van der Waals surface area contributed by atoms with Crippen LogP contribution >= 0.6 is 0 Å². The van der Waals surface area contributed by atoms with Gasteiger partial charge in [0, 0.05) is 39.3 Å². The van der Waals surface area contributed by atoms with Gasteiger partial charge < -0.3 is 10.2 Å². The third kappa shape index (κ3) is 2.94. The number of rotatable bonds is 3. The van der Waals surface area contributed by atoms with E-state index in [-0.39, 0.29) is 23.3 Å². The van der Waals surface area contributed by atoms with Crippen LogP contribution in [0.5, 0.6) is 0 Å². The molecule has 1 saturated heterocycles. The predicted octanol–water partition coefficient (Wildman–Crippen LogP) is -0.0112. The number of carbonyl (C=O) groups excluding carboxylic acids is 1. The number of hydrogen-bond donors (Lipinski definition) is 1. The number of nitrogens with one attached hydrogen (secondary N) is 1. The maximum Gasteiger partial charge on any atom is 0.332 e. The number of fused-ring (bicyclic) bond motifs is 1. The lowest BCUT2D eigenvalue weighted by atomic mass is 10.0. The standard InChI is InChI=1S/C18H23N5O3/c1-21-15-13(17(25)22(2)18(21)26)5-6-14(20-15)16(24)19-11-7-9-23(10-8-11)12-3-4-12/h5-6,11-12H,3-4,7-10H2,1-2H3,(H,19,24). The fraction of sp³-hybridized carbons (Fsp3) is 0.556. The summed E-state index contributed by atoms with van der Waals surface area (Å²) >= 11 is 0. The molecule has 0 atom stereocenters. The first-order valence-corrected chi connectivity index (χ1v) is 9.07. The first-order chi connectivity index (χ1) is 12.5. The third-order valence-electron chi connectivity index (χ3n) is 5.46. The van der Waals surface area contributed by atoms with Crippen LogP contribution in [0.3, 0.4) is 0 Å². The van der Waals surface area contributed by atoms with Crippen LogP contribution in [0.4, 0.5) is 0 Å². The largest absolute Gasteiger partial charge is 0.348 e. The van der Waals surface area contributed by atoms with Gasteiger partial charge in [-0.3, -0.25) is 18.7 Å². The smallest absolute Gasteiger partial charge is 0.332 e. The number of hydrogen-bond acceptors (Lipinski definition) is 5. The van der Waals surface area contributed by atoms with Gasteiger partial charge >= 0.3 is 5.69 Å². The highest BCUT2D eigenvalue weighted by Crippen LogP contribution is 2.29. The molecular formula is C18H23N5O3. The molecule has 3 heterocycles. The number of amides is 1. The fourth-order valence-corrected chi connectivity index (χ4v) is 3.69. The lowest BCUT2D eigenvalue weighted by Crippen LogP contribution is -2.45. The van der Waals surface area contributed by atoms with E-state index in [0.717, 1.165) is 36.5 Å². The topological polar surface area (TPSA) is 89.2 Å². The summed E-state index contributed by atoms with van der Waals surface area (Å²) < 4.78 is 2.33. The van der Waals surface area contributed by atoms with Crippen molar-refractivity contribution in [1.82, 2.24) is 24.3 Å². The van der Waals surface area contributed by atoms with Crippen LogP contribution < -0.4 is 16.6 Å². The van der Waals surface area contributed by atoms with Crippen LogP contribution in [0.1, 0.15) is 36.2 Å². The van der Waals surface area contributed by atoms with Crippen molar-refractivity contribution < 1.29 is 4.79 Å². The van der Waals surface area contributed by atoms with Gasteiger partial charge in [-0.05, 0) is 37.8 Å². The molecule has 1 saturated carbocycles. The first kappa shape index (κ1) is 17.0. The number of piperidine rings is 1. The quantitative estimate of drug-likeness (QED) is 0.835. The molecule has 4 rings (SSSR count). The van der Waals surface area contributed by atoms with E-state index in [0.29, 0.717) is 5.39 Å². The van der Waals surface area contributed by atoms with Crippen molar-refractivity contribution in [3.05, 3.63) is 38.7 Å². The Kier molecular flexibility index (Phi) is 4.14. The zero-order chi connectivity index (χ0) is 18.4. The Balaban J connectivity index is 1.54. The van der Waals surface area contributed by atoms with Crippen LogP contribution in [-0.2, 0) is 14.1 Å². The maximum absolute atomic E-state index is 12.6. The Labute approximate surface area is 150 Å². The minimum Gasteiger partial charge on any atom is -0.348 e. The zero-order valence-corrected chi connectivity index (χ0v) is 15.1. The number of aromatic nitrogens is 3. The Morgan fingerprint density at radius 2 is 1.77 bits per heavy atom. The molecule has 0 aromatic carbocycles. The van der Waals surface area contributed by atoms with Gasteiger partial charge in [0.25, 0.3) is 11.5 Å². The van der Waals surface area contributed by atoms with E-state index in [4.69, 9.17) is 0 Å². The van der Waals surface area contributed by atoms with Crippen molar-refractivity contribution in [1.29, 1.82) is 0 Å². The van der Waals surface area contributed by atoms with E-state index in [1.807, 2.05) is 0 Å². The highest BCUT2D eigenvalue weighted by atomic mass is 16.2. The van der Waals surface area contributed by atoms with Crippen molar-refractivity contribution >= 4 is 16.9 Å². The molecule has 1 aliphatic heterocycles. The Hall–Kier alpha value is -2.48. The van der Waals surface area contributed by atoms with Crippen LogP contribution in [0.15, 0.2) is 21.7 Å². The van der Waals surface area contributed by atoms with Crippen LogP contribution in [-0.4, -0.2) is 50.1 Å². The molecule has 0 radical (unpaired) electrons. The lowest BCUT2D eigenvalue weighted by molar-refractivity contribution is 0.0904. The summed E-state index contributed by atoms with van der Waals surface area (Å²) in [5, 5.41) is 3.36. The number of nitrogens with zero attached hydrogens (tertiary/aromatic N) is 4. The fourth-order valence-electron chi connectivity index (χ4n) is 3.69. The van der Waals surface area contributed by atoms with Crippen molar-refractivity contribution in [2.75, 3.05) is 13.1 Å². The average Bonchev–Trinajstić information content (AvgIpc) is 3.50. The van der Waals surface area contributed by atoms with Gasteiger partial charge in [0.2, 0.25) is 0 Å². The molecule has 0 spiro atoms. The number of carbonyl (C=O) groups is 1. The third-order valence-corrected chi connectivity index (χ3v) is 5.46. The number of likely N-dealkylation sites (tertiary alicyclic amines) is 1. The van der Waals surface area contributed by atoms with E-state index in [9.17, 15) is 14.4 Å². The van der Waals surface area contributed by atoms with E-state index >= 15 is 0 Å². The molecule has 1 aliphatic carbocycles. The molecule has 2 aliphatic rings. The van der Waals surface area contributed by atoms with Gasteiger partial charge in [0.15, 0.2) is 0 Å². The monoisotopic (exact) mass is 357 g/mol. The van der Waals surface area contributed by atoms with E-state index in [1.54, 1.807) is 19.2 Å². The first-order valence-electron chi connectivity index (χ1n) is 9.07. The van der Waals surface area contributed by atoms with Gasteiger partial charge in [0.1, 0.15) is 11.3 Å². The molecular weight excluding hydrogens is 334 g/mol. The van der Waals surface area contributed by atoms with Crippen molar-refractivity contribution in [3.63, 3.8) is 0 Å². The summed E-state index contributed by atoms with van der Waals surface area (Å²) in [6.45, 7) is 2.04. The van der Waals surface area contributed by atoms with Crippen LogP contribution in [0, 0.1) is 0 Å². The Morgan fingerprint density at radius 1 is 1.08 bits per heavy atom. The summed E-state index contributed by atoms with van der Waals surface area (Å²) in [6.07, 6.45) is 4.48. The zero-order valence-electron chi connectivity index (χ0n) is 15.1. The summed E-state index contributed by atoms with van der Waals surface area (Å²) in [5.41, 5.74) is -0.408. The lowest BCUT2D eigenvalue weighted by Gasteiger charge is -2.32. The molecule has 0 bridgehead atoms. The summed E-state index contributed by atoms with van der Waals surface area (Å²) in [7, 11) is 2.98. The van der Waals surface area contributed by atoms with E-state index < -0.39 is 11.2 Å². The molecule has 26 heavy (non-hydrogen) atoms. The van der Waals surface area contributed by atoms with Crippen molar-refractivity contribution in [2.24, 2.45) is 14.1 Å². The van der Waals surface area contributed by atoms with Crippen LogP contribution in [0.2, 0.25) is 0 Å². The molecule has 1 N–H and O–H groups in total. The maximum atomic E-state index is 12.6. The molecule has 2 aromatic rings. The van der Waals surface area contributed by atoms with E-state index in [1.165, 1.54) is 24.5 Å². The molecule has 8 heteroatoms. The minimum atomic E-state index is -0.458. The molecule has 2 aromatic heterocycles. The number of aryl methyl sites for hydroxylation is 1. The van der Waals surface area contributed by atoms with Gasteiger partial charge in [-0.25, -0.2) is 9.78 Å². The van der Waals surface area contributed by atoms with Crippen molar-refractivity contribution in [2.45, 2.75) is 37.8 Å². The molecule has 2 fully saturated rings. The van der Waals surface area contributed by atoms with Crippen LogP contribution in [0.25, 0.3) is 11.0 Å². The normalized spacial score (nSPS) is 19.0. The second-order valence-corrected chi connectivity index (χ2v) is 7.29. The number of pyridine rings is 1. The Bertz CT molecular complexity index is 981. The summed E-state index contributed by atoms with van der Waals surface area (Å²) in [4.78, 5) is 43.6. The Morgan fingerprint density at radius 3 is 2.42 bits per heavy atom. The van der Waals surface area contributed by atoms with Gasteiger partial charge in [0.05, 0.1) is 5.39 Å². The molecule has 8 nitrogen and oxygen atoms in total. The molecule has 138 valence electrons. The predicted molar refractivity (Wildman–Crippen MR) is 97.3 cm³/mol. The van der Waals surface area contributed by atoms with Crippen molar-refractivity contribution in [3.8, 4) is 0 Å². The molecule has 1 amide bonds. The summed E-state index contributed by atoms with van der Waals surface area (Å²) in [6, 6.07) is 4.01. The second kappa shape index (κ2) is 6.35. The van der Waals surface area contributed by atoms with Gasteiger partial charge in [-0.15, -0.1) is 0 Å². The SMILES string of the molecule is Cn1c(=O)c2ccc(C(=O)NC3CCN(C4CC4)CC3)nc2n(C)c1=O. The molecule has 0 unspecified atom stereocenters. The average molecular weight is 357 g/mol. The summed E-state index contributed by atoms with van der Waals surface area (Å²) in [5.74, 6) is -0.259. The highest BCUT2D eigenvalue weighted by molar-refractivity contribution is 5.94. The van der Waals surface area contributed by atoms with E-state index in [2.05, 4.69) is 15.2 Å². The van der Waals surface area contributed by atoms with Gasteiger partial charge in [-0.2, -0.15) is 0 Å².